The van der Waals surface area contributed by atoms with Gasteiger partial charge in [-0.15, -0.1) is 0 Å². The molecule has 0 aliphatic heterocycles. The highest BCUT2D eigenvalue weighted by atomic mass is 35.5. The van der Waals surface area contributed by atoms with Crippen molar-refractivity contribution in [2.45, 2.75) is 6.10 Å². The lowest BCUT2D eigenvalue weighted by Crippen LogP contribution is -2.06. The van der Waals surface area contributed by atoms with E-state index in [4.69, 9.17) is 16.3 Å². The lowest BCUT2D eigenvalue weighted by Gasteiger charge is -2.15. The number of hydrogen-bond donors (Lipinski definition) is 1. The smallest absolute Gasteiger partial charge is 0.147 e. The monoisotopic (exact) mass is 267 g/mol. The zero-order valence-electron chi connectivity index (χ0n) is 9.60. The van der Waals surface area contributed by atoms with Crippen molar-refractivity contribution in [2.75, 3.05) is 7.11 Å². The quantitative estimate of drug-likeness (QED) is 0.930. The van der Waals surface area contributed by atoms with Crippen LogP contribution in [-0.4, -0.2) is 17.2 Å². The number of methoxy groups -OCH3 is 1. The third-order valence-corrected chi connectivity index (χ3v) is 2.77. The summed E-state index contributed by atoms with van der Waals surface area (Å²) in [6.07, 6.45) is 0.193. The van der Waals surface area contributed by atoms with Crippen LogP contribution >= 0.6 is 11.6 Å². The maximum absolute atomic E-state index is 13.6. The van der Waals surface area contributed by atoms with E-state index in [0.29, 0.717) is 16.3 Å². The highest BCUT2D eigenvalue weighted by molar-refractivity contribution is 6.30. The Kier molecular flexibility index (Phi) is 3.79. The molecule has 1 aromatic carbocycles. The number of benzene rings is 1. The summed E-state index contributed by atoms with van der Waals surface area (Å²) in [6, 6.07) is 7.47. The van der Waals surface area contributed by atoms with E-state index >= 15 is 0 Å². The Morgan fingerprint density at radius 1 is 1.39 bits per heavy atom. The molecule has 1 heterocycles. The largest absolute Gasteiger partial charge is 0.496 e. The normalized spacial score (nSPS) is 12.2. The average Bonchev–Trinajstić information content (AvgIpc) is 2.38. The molecule has 1 atom stereocenters. The molecular weight excluding hydrogens is 257 g/mol. The van der Waals surface area contributed by atoms with Gasteiger partial charge in [0.05, 0.1) is 7.11 Å². The summed E-state index contributed by atoms with van der Waals surface area (Å²) in [5.74, 6) is -0.149. The summed E-state index contributed by atoms with van der Waals surface area (Å²) in [7, 11) is 1.47. The number of nitrogens with zero attached hydrogens (tertiary/aromatic N) is 1. The minimum atomic E-state index is -1.22. The highest BCUT2D eigenvalue weighted by Crippen LogP contribution is 2.32. The van der Waals surface area contributed by atoms with Gasteiger partial charge in [-0.2, -0.15) is 0 Å². The van der Waals surface area contributed by atoms with E-state index in [1.165, 1.54) is 31.5 Å². The second kappa shape index (κ2) is 5.33. The van der Waals surface area contributed by atoms with Gasteiger partial charge in [0.15, 0.2) is 0 Å². The Labute approximate surface area is 109 Å². The van der Waals surface area contributed by atoms with Crippen molar-refractivity contribution in [3.63, 3.8) is 0 Å². The van der Waals surface area contributed by atoms with E-state index in [0.717, 1.165) is 0 Å². The van der Waals surface area contributed by atoms with Crippen molar-refractivity contribution in [1.29, 1.82) is 0 Å². The van der Waals surface area contributed by atoms with Gasteiger partial charge >= 0.3 is 0 Å². The summed E-state index contributed by atoms with van der Waals surface area (Å²) in [5.41, 5.74) is 0.320. The van der Waals surface area contributed by atoms with Gasteiger partial charge in [0.2, 0.25) is 0 Å². The molecule has 0 saturated heterocycles. The lowest BCUT2D eigenvalue weighted by atomic mass is 10.0. The number of aromatic nitrogens is 1. The van der Waals surface area contributed by atoms with E-state index in [-0.39, 0.29) is 5.69 Å². The molecule has 5 heteroatoms. The van der Waals surface area contributed by atoms with E-state index in [1.54, 1.807) is 12.1 Å². The predicted molar refractivity (Wildman–Crippen MR) is 66.3 cm³/mol. The molecule has 0 spiro atoms. The molecule has 0 aliphatic rings. The second-order valence-electron chi connectivity index (χ2n) is 3.66. The minimum absolute atomic E-state index is 0.0573. The van der Waals surface area contributed by atoms with E-state index in [2.05, 4.69) is 4.98 Å². The molecule has 18 heavy (non-hydrogen) atoms. The molecule has 0 aliphatic carbocycles. The van der Waals surface area contributed by atoms with Gasteiger partial charge < -0.3 is 9.84 Å². The fourth-order valence-corrected chi connectivity index (χ4v) is 1.85. The molecular formula is C13H11ClFNO2. The number of aliphatic hydroxyl groups is 1. The third-order valence-electron chi connectivity index (χ3n) is 2.53. The summed E-state index contributed by atoms with van der Waals surface area (Å²) < 4.78 is 18.7. The van der Waals surface area contributed by atoms with Crippen molar-refractivity contribution in [3.05, 3.63) is 58.6 Å². The number of hydrogen-bond acceptors (Lipinski definition) is 3. The maximum atomic E-state index is 13.6. The van der Waals surface area contributed by atoms with Crippen LogP contribution in [-0.2, 0) is 0 Å². The van der Waals surface area contributed by atoms with Crippen molar-refractivity contribution < 1.29 is 14.2 Å². The third kappa shape index (κ3) is 2.44. The van der Waals surface area contributed by atoms with Crippen molar-refractivity contribution in [3.8, 4) is 5.75 Å². The number of halogens is 2. The Hall–Kier alpha value is -1.65. The number of pyridine rings is 1. The Morgan fingerprint density at radius 2 is 2.17 bits per heavy atom. The molecule has 0 amide bonds. The molecule has 3 nitrogen and oxygen atoms in total. The van der Waals surface area contributed by atoms with Gasteiger partial charge in [-0.3, -0.25) is 4.98 Å². The maximum Gasteiger partial charge on any atom is 0.147 e. The van der Waals surface area contributed by atoms with E-state index in [9.17, 15) is 9.50 Å². The van der Waals surface area contributed by atoms with E-state index < -0.39 is 11.9 Å². The van der Waals surface area contributed by atoms with Gasteiger partial charge in [0.25, 0.3) is 0 Å². The van der Waals surface area contributed by atoms with Crippen LogP contribution in [0.3, 0.4) is 0 Å². The molecule has 1 unspecified atom stereocenters. The fraction of sp³-hybridized carbons (Fsp3) is 0.154. The molecule has 2 aromatic rings. The Morgan fingerprint density at radius 3 is 2.83 bits per heavy atom. The number of rotatable bonds is 3. The number of aliphatic hydroxyl groups excluding tert-OH is 1. The molecule has 1 aromatic heterocycles. The van der Waals surface area contributed by atoms with Crippen LogP contribution in [0.25, 0.3) is 0 Å². The topological polar surface area (TPSA) is 42.4 Å². The zero-order chi connectivity index (χ0) is 13.1. The van der Waals surface area contributed by atoms with E-state index in [1.807, 2.05) is 0 Å². The molecule has 0 radical (unpaired) electrons. The Balaban J connectivity index is 2.48. The number of ether oxygens (including phenoxy) is 1. The average molecular weight is 268 g/mol. The lowest BCUT2D eigenvalue weighted by molar-refractivity contribution is 0.204. The van der Waals surface area contributed by atoms with Gasteiger partial charge in [-0.1, -0.05) is 11.6 Å². The first-order chi connectivity index (χ1) is 8.63. The van der Waals surface area contributed by atoms with Crippen molar-refractivity contribution in [1.82, 2.24) is 4.98 Å². The molecule has 94 valence electrons. The van der Waals surface area contributed by atoms with Crippen LogP contribution in [0.5, 0.6) is 5.75 Å². The molecule has 0 bridgehead atoms. The van der Waals surface area contributed by atoms with Gasteiger partial charge in [0, 0.05) is 16.8 Å². The molecule has 2 rings (SSSR count). The van der Waals surface area contributed by atoms with Gasteiger partial charge in [-0.25, -0.2) is 4.39 Å². The molecule has 0 saturated carbocycles. The zero-order valence-corrected chi connectivity index (χ0v) is 10.4. The fourth-order valence-electron chi connectivity index (χ4n) is 1.67. The second-order valence-corrected chi connectivity index (χ2v) is 4.10. The van der Waals surface area contributed by atoms with Crippen molar-refractivity contribution >= 4 is 11.6 Å². The first-order valence-electron chi connectivity index (χ1n) is 5.25. The minimum Gasteiger partial charge on any atom is -0.496 e. The van der Waals surface area contributed by atoms with Crippen LogP contribution in [0.15, 0.2) is 36.5 Å². The SMILES string of the molecule is COc1ccc(Cl)cc1C(O)c1ncccc1F. The van der Waals surface area contributed by atoms with Crippen LogP contribution in [0.4, 0.5) is 4.39 Å². The summed E-state index contributed by atoms with van der Waals surface area (Å²) >= 11 is 5.86. The van der Waals surface area contributed by atoms with Crippen LogP contribution in [0.2, 0.25) is 5.02 Å². The summed E-state index contributed by atoms with van der Waals surface area (Å²) in [5, 5.41) is 10.6. The van der Waals surface area contributed by atoms with Gasteiger partial charge in [0.1, 0.15) is 23.4 Å². The summed E-state index contributed by atoms with van der Waals surface area (Å²) in [6.45, 7) is 0. The molecule has 1 N–H and O–H groups in total. The summed E-state index contributed by atoms with van der Waals surface area (Å²) in [4.78, 5) is 3.84. The molecule has 0 fully saturated rings. The Bertz CT molecular complexity index is 562. The van der Waals surface area contributed by atoms with Crippen LogP contribution < -0.4 is 4.74 Å². The van der Waals surface area contributed by atoms with Crippen LogP contribution in [0, 0.1) is 5.82 Å². The van der Waals surface area contributed by atoms with Gasteiger partial charge in [-0.05, 0) is 30.3 Å². The first kappa shape index (κ1) is 12.8. The van der Waals surface area contributed by atoms with Crippen LogP contribution in [0.1, 0.15) is 17.4 Å². The standard InChI is InChI=1S/C13H11ClFNO2/c1-18-11-5-4-8(14)7-9(11)13(17)12-10(15)3-2-6-16-12/h2-7,13,17H,1H3. The predicted octanol–water partition coefficient (Wildman–Crippen LogP) is 2.96. The first-order valence-corrected chi connectivity index (χ1v) is 5.63. The highest BCUT2D eigenvalue weighted by Gasteiger charge is 2.20. The van der Waals surface area contributed by atoms with Crippen molar-refractivity contribution in [2.24, 2.45) is 0 Å².